The van der Waals surface area contributed by atoms with Crippen LogP contribution in [0.25, 0.3) is 0 Å². The molecule has 18 heavy (non-hydrogen) atoms. The van der Waals surface area contributed by atoms with Crippen LogP contribution in [0.4, 0.5) is 5.82 Å². The number of Topliss-reactive ketones (excluding diaryl/α,β-unsaturated/α-hetero) is 1. The number of carbonyl (C=O) groups excluding carboxylic acids is 1. The smallest absolute Gasteiger partial charge is 0.170 e. The lowest BCUT2D eigenvalue weighted by Gasteiger charge is -2.05. The van der Waals surface area contributed by atoms with Crippen LogP contribution in [0.5, 0.6) is 5.75 Å². The number of nitrogens with zero attached hydrogens (tertiary/aromatic N) is 1. The molecule has 0 bridgehead atoms. The van der Waals surface area contributed by atoms with Crippen molar-refractivity contribution in [3.8, 4) is 5.75 Å². The van der Waals surface area contributed by atoms with Gasteiger partial charge in [-0.2, -0.15) is 0 Å². The first-order valence-corrected chi connectivity index (χ1v) is 5.57. The third kappa shape index (κ3) is 2.66. The molecular weight excluding hydrogens is 228 g/mol. The van der Waals surface area contributed by atoms with Gasteiger partial charge in [-0.05, 0) is 29.8 Å². The number of nitrogen functional groups attached to an aromatic ring is 1. The van der Waals surface area contributed by atoms with E-state index in [0.717, 1.165) is 11.3 Å². The summed E-state index contributed by atoms with van der Waals surface area (Å²) < 4.78 is 5.12. The SMILES string of the molecule is COc1cccc(CC(=O)c2cccnc2N)c1. The quantitative estimate of drug-likeness (QED) is 0.834. The third-order valence-electron chi connectivity index (χ3n) is 2.64. The van der Waals surface area contributed by atoms with Gasteiger partial charge in [-0.3, -0.25) is 4.79 Å². The Morgan fingerprint density at radius 1 is 1.33 bits per heavy atom. The van der Waals surface area contributed by atoms with Crippen LogP contribution in [0.1, 0.15) is 15.9 Å². The Hall–Kier alpha value is -2.36. The van der Waals surface area contributed by atoms with Crippen LogP contribution in [0.15, 0.2) is 42.6 Å². The molecule has 2 rings (SSSR count). The van der Waals surface area contributed by atoms with E-state index in [1.165, 1.54) is 0 Å². The summed E-state index contributed by atoms with van der Waals surface area (Å²) in [6.07, 6.45) is 1.85. The molecule has 0 amide bonds. The third-order valence-corrected chi connectivity index (χ3v) is 2.64. The number of ether oxygens (including phenoxy) is 1. The maximum Gasteiger partial charge on any atom is 0.170 e. The molecule has 0 aliphatic carbocycles. The van der Waals surface area contributed by atoms with Crippen molar-refractivity contribution in [3.05, 3.63) is 53.7 Å². The molecule has 2 N–H and O–H groups in total. The molecule has 0 unspecified atom stereocenters. The Kier molecular flexibility index (Phi) is 3.57. The van der Waals surface area contributed by atoms with Crippen molar-refractivity contribution in [1.29, 1.82) is 0 Å². The number of aromatic nitrogens is 1. The van der Waals surface area contributed by atoms with Crippen LogP contribution in [-0.4, -0.2) is 17.9 Å². The van der Waals surface area contributed by atoms with Crippen LogP contribution in [0.3, 0.4) is 0 Å². The molecule has 1 aromatic heterocycles. The molecule has 0 radical (unpaired) electrons. The van der Waals surface area contributed by atoms with Gasteiger partial charge in [0.1, 0.15) is 11.6 Å². The normalized spacial score (nSPS) is 10.1. The fourth-order valence-electron chi connectivity index (χ4n) is 1.72. The number of hydrogen-bond donors (Lipinski definition) is 1. The number of anilines is 1. The number of ketones is 1. The van der Waals surface area contributed by atoms with Gasteiger partial charge in [-0.15, -0.1) is 0 Å². The first-order valence-electron chi connectivity index (χ1n) is 5.57. The minimum Gasteiger partial charge on any atom is -0.497 e. The second kappa shape index (κ2) is 5.31. The number of nitrogens with two attached hydrogens (primary N) is 1. The molecule has 0 saturated carbocycles. The average Bonchev–Trinajstić information content (AvgIpc) is 2.39. The molecule has 0 aliphatic rings. The van der Waals surface area contributed by atoms with Gasteiger partial charge in [0, 0.05) is 12.6 Å². The van der Waals surface area contributed by atoms with Crippen LogP contribution in [0.2, 0.25) is 0 Å². The lowest BCUT2D eigenvalue weighted by atomic mass is 10.0. The first kappa shape index (κ1) is 12.1. The number of hydrogen-bond acceptors (Lipinski definition) is 4. The van der Waals surface area contributed by atoms with Gasteiger partial charge in [-0.25, -0.2) is 4.98 Å². The Labute approximate surface area is 105 Å². The topological polar surface area (TPSA) is 65.2 Å². The van der Waals surface area contributed by atoms with E-state index in [9.17, 15) is 4.79 Å². The number of pyridine rings is 1. The highest BCUT2D eigenvalue weighted by Crippen LogP contribution is 2.16. The number of rotatable bonds is 4. The number of methoxy groups -OCH3 is 1. The molecule has 1 aromatic carbocycles. The summed E-state index contributed by atoms with van der Waals surface area (Å²) in [4.78, 5) is 16.0. The van der Waals surface area contributed by atoms with E-state index in [1.54, 1.807) is 25.4 Å². The number of benzene rings is 1. The zero-order valence-electron chi connectivity index (χ0n) is 10.1. The standard InChI is InChI=1S/C14H14N2O2/c1-18-11-5-2-4-10(8-11)9-13(17)12-6-3-7-16-14(12)15/h2-8H,9H2,1H3,(H2,15,16). The van der Waals surface area contributed by atoms with Crippen molar-refractivity contribution in [1.82, 2.24) is 4.98 Å². The molecule has 4 heteroatoms. The van der Waals surface area contributed by atoms with Gasteiger partial charge in [0.2, 0.25) is 0 Å². The molecular formula is C14H14N2O2. The fraction of sp³-hybridized carbons (Fsp3) is 0.143. The molecule has 4 nitrogen and oxygen atoms in total. The van der Waals surface area contributed by atoms with Crippen molar-refractivity contribution in [3.63, 3.8) is 0 Å². The van der Waals surface area contributed by atoms with Gasteiger partial charge in [0.15, 0.2) is 5.78 Å². The Morgan fingerprint density at radius 3 is 2.89 bits per heavy atom. The maximum atomic E-state index is 12.1. The van der Waals surface area contributed by atoms with Gasteiger partial charge >= 0.3 is 0 Å². The summed E-state index contributed by atoms with van der Waals surface area (Å²) in [7, 11) is 1.60. The second-order valence-electron chi connectivity index (χ2n) is 3.89. The molecule has 0 atom stereocenters. The monoisotopic (exact) mass is 242 g/mol. The summed E-state index contributed by atoms with van der Waals surface area (Å²) in [5, 5.41) is 0. The van der Waals surface area contributed by atoms with E-state index in [-0.39, 0.29) is 18.0 Å². The summed E-state index contributed by atoms with van der Waals surface area (Å²) in [5.74, 6) is 0.957. The molecule has 0 saturated heterocycles. The zero-order chi connectivity index (χ0) is 13.0. The van der Waals surface area contributed by atoms with Crippen molar-refractivity contribution in [2.24, 2.45) is 0 Å². The van der Waals surface area contributed by atoms with E-state index in [1.807, 2.05) is 24.3 Å². The fourth-order valence-corrected chi connectivity index (χ4v) is 1.72. The van der Waals surface area contributed by atoms with Gasteiger partial charge < -0.3 is 10.5 Å². The summed E-state index contributed by atoms with van der Waals surface area (Å²) in [5.41, 5.74) is 7.02. The van der Waals surface area contributed by atoms with Crippen molar-refractivity contribution in [2.45, 2.75) is 6.42 Å². The molecule has 1 heterocycles. The summed E-state index contributed by atoms with van der Waals surface area (Å²) in [6.45, 7) is 0. The Balaban J connectivity index is 2.19. The highest BCUT2D eigenvalue weighted by molar-refractivity contribution is 6.01. The van der Waals surface area contributed by atoms with E-state index in [4.69, 9.17) is 10.5 Å². The predicted molar refractivity (Wildman–Crippen MR) is 69.7 cm³/mol. The van der Waals surface area contributed by atoms with Crippen molar-refractivity contribution in [2.75, 3.05) is 12.8 Å². The van der Waals surface area contributed by atoms with Gasteiger partial charge in [0.25, 0.3) is 0 Å². The lowest BCUT2D eigenvalue weighted by molar-refractivity contribution is 0.0993. The van der Waals surface area contributed by atoms with E-state index in [0.29, 0.717) is 5.56 Å². The van der Waals surface area contributed by atoms with Gasteiger partial charge in [0.05, 0.1) is 12.7 Å². The lowest BCUT2D eigenvalue weighted by Crippen LogP contribution is -2.08. The van der Waals surface area contributed by atoms with Crippen LogP contribution in [-0.2, 0) is 6.42 Å². The van der Waals surface area contributed by atoms with Crippen LogP contribution < -0.4 is 10.5 Å². The maximum absolute atomic E-state index is 12.1. The summed E-state index contributed by atoms with van der Waals surface area (Å²) in [6, 6.07) is 10.8. The van der Waals surface area contributed by atoms with Crippen molar-refractivity contribution >= 4 is 11.6 Å². The zero-order valence-corrected chi connectivity index (χ0v) is 10.1. The minimum absolute atomic E-state index is 0.0474. The van der Waals surface area contributed by atoms with E-state index >= 15 is 0 Å². The highest BCUT2D eigenvalue weighted by atomic mass is 16.5. The molecule has 0 aliphatic heterocycles. The predicted octanol–water partition coefficient (Wildman–Crippen LogP) is 2.10. The molecule has 0 spiro atoms. The Morgan fingerprint density at radius 2 is 2.17 bits per heavy atom. The minimum atomic E-state index is -0.0474. The molecule has 0 fully saturated rings. The largest absolute Gasteiger partial charge is 0.497 e. The summed E-state index contributed by atoms with van der Waals surface area (Å²) >= 11 is 0. The Bertz CT molecular complexity index is 567. The average molecular weight is 242 g/mol. The van der Waals surface area contributed by atoms with Crippen molar-refractivity contribution < 1.29 is 9.53 Å². The second-order valence-corrected chi connectivity index (χ2v) is 3.89. The highest BCUT2D eigenvalue weighted by Gasteiger charge is 2.11. The number of carbonyl (C=O) groups is 1. The van der Waals surface area contributed by atoms with Crippen LogP contribution in [0, 0.1) is 0 Å². The first-order chi connectivity index (χ1) is 8.70. The van der Waals surface area contributed by atoms with Gasteiger partial charge in [-0.1, -0.05) is 12.1 Å². The molecule has 2 aromatic rings. The molecule has 92 valence electrons. The van der Waals surface area contributed by atoms with E-state index < -0.39 is 0 Å². The van der Waals surface area contributed by atoms with Crippen LogP contribution >= 0.6 is 0 Å². The van der Waals surface area contributed by atoms with E-state index in [2.05, 4.69) is 4.98 Å².